The zero-order valence-corrected chi connectivity index (χ0v) is 21.7. The molecule has 0 saturated heterocycles. The van der Waals surface area contributed by atoms with Crippen LogP contribution in [0.25, 0.3) is 0 Å². The molecule has 0 N–H and O–H groups in total. The van der Waals surface area contributed by atoms with Gasteiger partial charge in [-0.3, -0.25) is 14.2 Å². The lowest BCUT2D eigenvalue weighted by Gasteiger charge is -2.25. The summed E-state index contributed by atoms with van der Waals surface area (Å²) in [4.78, 5) is 26.3. The fourth-order valence-electron chi connectivity index (χ4n) is 3.86. The zero-order chi connectivity index (χ0) is 24.5. The fourth-order valence-corrected chi connectivity index (χ4v) is 4.46. The predicted molar refractivity (Wildman–Crippen MR) is 132 cm³/mol. The van der Waals surface area contributed by atoms with Crippen LogP contribution in [-0.2, 0) is 14.1 Å². The van der Waals surface area contributed by atoms with E-state index >= 15 is 0 Å². The van der Waals surface area contributed by atoms with Crippen molar-refractivity contribution >= 4 is 20.2 Å². The van der Waals surface area contributed by atoms with Crippen LogP contribution in [0.15, 0.2) is 18.2 Å². The Labute approximate surface area is 201 Å². The van der Waals surface area contributed by atoms with E-state index in [0.29, 0.717) is 24.3 Å². The molecule has 7 heteroatoms. The van der Waals surface area contributed by atoms with Crippen molar-refractivity contribution in [1.29, 1.82) is 0 Å². The molecule has 0 aliphatic heterocycles. The second-order valence-corrected chi connectivity index (χ2v) is 9.51. The third-order valence-corrected chi connectivity index (χ3v) is 6.80. The van der Waals surface area contributed by atoms with Gasteiger partial charge in [0.2, 0.25) is 0 Å². The van der Waals surface area contributed by atoms with E-state index in [-0.39, 0.29) is 24.4 Å². The molecule has 0 spiro atoms. The van der Waals surface area contributed by atoms with Crippen LogP contribution in [0.2, 0.25) is 0 Å². The van der Waals surface area contributed by atoms with Gasteiger partial charge in [0.15, 0.2) is 19.4 Å². The average molecular weight is 481 g/mol. The molecule has 0 aliphatic rings. The smallest absolute Gasteiger partial charge is 0.324 e. The molecule has 1 aromatic rings. The Kier molecular flexibility index (Phi) is 14.7. The van der Waals surface area contributed by atoms with Crippen molar-refractivity contribution < 1.29 is 28.4 Å². The highest BCUT2D eigenvalue weighted by Gasteiger charge is 2.44. The molecular weight excluding hydrogens is 439 g/mol. The summed E-state index contributed by atoms with van der Waals surface area (Å²) >= 11 is 0. The zero-order valence-electron chi connectivity index (χ0n) is 20.8. The van der Waals surface area contributed by atoms with Crippen LogP contribution in [-0.4, -0.2) is 37.7 Å². The van der Waals surface area contributed by atoms with Crippen molar-refractivity contribution in [2.24, 2.45) is 0 Å². The molecule has 33 heavy (non-hydrogen) atoms. The molecule has 0 heterocycles. The van der Waals surface area contributed by atoms with Gasteiger partial charge in [-0.1, -0.05) is 77.7 Å². The van der Waals surface area contributed by atoms with E-state index in [1.54, 1.807) is 18.2 Å². The minimum Gasteiger partial charge on any atom is -0.496 e. The number of Topliss-reactive ketones (excluding diaryl/α,β-unsaturated/α-hetero) is 1. The molecule has 0 saturated carbocycles. The monoisotopic (exact) mass is 480 g/mol. The Morgan fingerprint density at radius 2 is 1.39 bits per heavy atom. The molecule has 0 aromatic heterocycles. The van der Waals surface area contributed by atoms with Crippen LogP contribution in [0, 0.1) is 0 Å². The highest BCUT2D eigenvalue weighted by atomic mass is 31.1. The molecular formula is C26H41O6P. The van der Waals surface area contributed by atoms with Gasteiger partial charge in [0.25, 0.3) is 0 Å². The lowest BCUT2D eigenvalue weighted by molar-refractivity contribution is -0.147. The molecule has 0 radical (unpaired) electrons. The molecule has 1 aromatic carbocycles. The maximum absolute atomic E-state index is 13.3. The van der Waals surface area contributed by atoms with E-state index in [1.165, 1.54) is 46.3 Å². The van der Waals surface area contributed by atoms with Crippen LogP contribution in [0.4, 0.5) is 0 Å². The van der Waals surface area contributed by atoms with Crippen LogP contribution in [0.1, 0.15) is 101 Å². The van der Waals surface area contributed by atoms with Gasteiger partial charge in [-0.25, -0.2) is 0 Å². The minimum atomic E-state index is -1.40. The maximum Gasteiger partial charge on any atom is 0.324 e. The molecule has 0 bridgehead atoms. The first-order valence-electron chi connectivity index (χ1n) is 12.3. The topological polar surface area (TPSA) is 78.9 Å². The Balaban J connectivity index is 2.80. The Bertz CT molecular complexity index is 713. The van der Waals surface area contributed by atoms with Crippen molar-refractivity contribution in [3.8, 4) is 11.5 Å². The summed E-state index contributed by atoms with van der Waals surface area (Å²) in [7, 11) is 2.54. The van der Waals surface area contributed by atoms with Gasteiger partial charge < -0.3 is 14.2 Å². The van der Waals surface area contributed by atoms with Crippen LogP contribution < -0.4 is 9.47 Å². The van der Waals surface area contributed by atoms with Gasteiger partial charge in [0.1, 0.15) is 17.1 Å². The Morgan fingerprint density at radius 3 is 1.91 bits per heavy atom. The number of ether oxygens (including phenoxy) is 3. The van der Waals surface area contributed by atoms with E-state index < -0.39 is 19.6 Å². The Hall–Kier alpha value is -1.94. The van der Waals surface area contributed by atoms with E-state index in [4.69, 9.17) is 14.2 Å². The minimum absolute atomic E-state index is 0.231. The quantitative estimate of drug-likeness (QED) is 0.0903. The highest BCUT2D eigenvalue weighted by molar-refractivity contribution is 7.28. The first-order chi connectivity index (χ1) is 16.0. The first-order valence-corrected chi connectivity index (χ1v) is 13.1. The number of benzene rings is 1. The lowest BCUT2D eigenvalue weighted by Crippen LogP contribution is -2.37. The normalized spacial score (nSPS) is 12.8. The third kappa shape index (κ3) is 9.44. The molecule has 0 aliphatic carbocycles. The van der Waals surface area contributed by atoms with Crippen LogP contribution in [0.3, 0.4) is 0 Å². The van der Waals surface area contributed by atoms with Gasteiger partial charge in [-0.15, -0.1) is 0 Å². The fraction of sp³-hybridized carbons (Fsp3) is 0.692. The van der Waals surface area contributed by atoms with Gasteiger partial charge in [0.05, 0.1) is 20.8 Å². The molecule has 1 rings (SSSR count). The SMILES string of the molecule is CCCCCCCCCCOC(=O)C(CCCC)(CC(=O)c1c(OC)cccc1OC)P=O. The van der Waals surface area contributed by atoms with Crippen molar-refractivity contribution in [3.63, 3.8) is 0 Å². The molecule has 186 valence electrons. The highest BCUT2D eigenvalue weighted by Crippen LogP contribution is 2.39. The number of carbonyl (C=O) groups is 2. The number of hydrogen-bond donors (Lipinski definition) is 0. The molecule has 6 nitrogen and oxygen atoms in total. The number of hydrogen-bond acceptors (Lipinski definition) is 6. The number of methoxy groups -OCH3 is 2. The van der Waals surface area contributed by atoms with Crippen molar-refractivity contribution in [3.05, 3.63) is 23.8 Å². The van der Waals surface area contributed by atoms with Gasteiger partial charge >= 0.3 is 5.97 Å². The van der Waals surface area contributed by atoms with E-state index in [1.807, 2.05) is 6.92 Å². The van der Waals surface area contributed by atoms with Gasteiger partial charge in [-0.05, 0) is 25.0 Å². The summed E-state index contributed by atoms with van der Waals surface area (Å²) in [6.45, 7) is 4.48. The van der Waals surface area contributed by atoms with Crippen molar-refractivity contribution in [1.82, 2.24) is 0 Å². The number of rotatable bonds is 19. The van der Waals surface area contributed by atoms with Crippen molar-refractivity contribution in [2.75, 3.05) is 20.8 Å². The molecule has 1 atom stereocenters. The second kappa shape index (κ2) is 16.6. The molecule has 0 amide bonds. The summed E-state index contributed by atoms with van der Waals surface area (Å²) in [6.07, 6.45) is 10.7. The summed E-state index contributed by atoms with van der Waals surface area (Å²) < 4.78 is 28.5. The maximum atomic E-state index is 13.3. The summed E-state index contributed by atoms with van der Waals surface area (Å²) in [5, 5.41) is -1.40. The number of unbranched alkanes of at least 4 members (excludes halogenated alkanes) is 8. The number of carbonyl (C=O) groups excluding carboxylic acids is 2. The van der Waals surface area contributed by atoms with Crippen molar-refractivity contribution in [2.45, 2.75) is 96.1 Å². The first kappa shape index (κ1) is 29.1. The van der Waals surface area contributed by atoms with Gasteiger partial charge in [-0.2, -0.15) is 0 Å². The average Bonchev–Trinajstić information content (AvgIpc) is 2.84. The summed E-state index contributed by atoms with van der Waals surface area (Å²) in [5.41, 5.74) is 0.253. The summed E-state index contributed by atoms with van der Waals surface area (Å²) in [6, 6.07) is 5.06. The molecule has 1 unspecified atom stereocenters. The largest absolute Gasteiger partial charge is 0.496 e. The standard InChI is InChI=1S/C26H41O6P/c1-5-7-9-10-11-12-13-14-19-32-25(28)26(33-29,18-8-6-2)20-21(27)24-22(30-3)16-15-17-23(24)31-4/h15-17H,5-14,18-20H2,1-4H3. The third-order valence-electron chi connectivity index (χ3n) is 5.89. The summed E-state index contributed by atoms with van der Waals surface area (Å²) in [5.74, 6) is -0.206. The van der Waals surface area contributed by atoms with E-state index in [9.17, 15) is 14.2 Å². The van der Waals surface area contributed by atoms with E-state index in [2.05, 4.69) is 6.92 Å². The Morgan fingerprint density at radius 1 is 0.848 bits per heavy atom. The van der Waals surface area contributed by atoms with Crippen LogP contribution in [0.5, 0.6) is 11.5 Å². The second-order valence-electron chi connectivity index (χ2n) is 8.47. The van der Waals surface area contributed by atoms with Gasteiger partial charge in [0, 0.05) is 6.42 Å². The molecule has 0 fully saturated rings. The predicted octanol–water partition coefficient (Wildman–Crippen LogP) is 7.18. The lowest BCUT2D eigenvalue weighted by atomic mass is 9.91. The number of ketones is 1. The van der Waals surface area contributed by atoms with E-state index in [0.717, 1.165) is 25.7 Å². The van der Waals surface area contributed by atoms with Crippen LogP contribution >= 0.6 is 8.46 Å². The number of esters is 1.